The largest absolute Gasteiger partial charge is 0.472 e. The van der Waals surface area contributed by atoms with Gasteiger partial charge in [0.2, 0.25) is 0 Å². The van der Waals surface area contributed by atoms with Gasteiger partial charge in [0.25, 0.3) is 21.8 Å². The molecule has 0 aromatic carbocycles. The molecule has 1 fully saturated rings. The summed E-state index contributed by atoms with van der Waals surface area (Å²) in [6.07, 6.45) is 0.507. The molecule has 0 bridgehead atoms. The van der Waals surface area contributed by atoms with Crippen LogP contribution in [0.3, 0.4) is 0 Å². The van der Waals surface area contributed by atoms with Gasteiger partial charge in [-0.2, -0.15) is 13.4 Å². The minimum absolute atomic E-state index is 0.0164. The van der Waals surface area contributed by atoms with E-state index in [1.54, 1.807) is 6.92 Å². The first kappa shape index (κ1) is 25.7. The number of pyridine rings is 2. The Morgan fingerprint density at radius 3 is 2.53 bits per heavy atom. The summed E-state index contributed by atoms with van der Waals surface area (Å²) >= 11 is 0. The van der Waals surface area contributed by atoms with E-state index in [2.05, 4.69) is 16.9 Å². The van der Waals surface area contributed by atoms with Crippen molar-refractivity contribution in [2.75, 3.05) is 17.2 Å². The molecular weight excluding hydrogens is 461 g/mol. The average Bonchev–Trinajstić information content (AvgIpc) is 3.01. The zero-order chi connectivity index (χ0) is 25.4. The number of nitrogen functional groups attached to an aromatic ring is 1. The predicted octanol–water partition coefficient (Wildman–Crippen LogP) is 3.36. The van der Waals surface area contributed by atoms with Crippen LogP contribution in [0.1, 0.15) is 58.3 Å². The summed E-state index contributed by atoms with van der Waals surface area (Å²) in [6.45, 7) is 12.3. The summed E-state index contributed by atoms with van der Waals surface area (Å²) in [5, 5.41) is -0.420. The number of halogens is 1. The number of rotatable bonds is 7. The first-order valence-electron chi connectivity index (χ1n) is 11.2. The average molecular weight is 494 g/mol. The lowest BCUT2D eigenvalue weighted by Crippen LogP contribution is -2.44. The molecule has 0 spiro atoms. The van der Waals surface area contributed by atoms with Crippen LogP contribution in [0.15, 0.2) is 29.3 Å². The van der Waals surface area contributed by atoms with Crippen LogP contribution in [0, 0.1) is 17.7 Å². The maximum absolute atomic E-state index is 15.0. The van der Waals surface area contributed by atoms with Crippen LogP contribution >= 0.6 is 0 Å². The smallest absolute Gasteiger partial charge is 0.281 e. The number of nitrogens with one attached hydrogen (secondary N) is 1. The van der Waals surface area contributed by atoms with E-state index in [0.717, 1.165) is 12.5 Å². The van der Waals surface area contributed by atoms with E-state index in [1.807, 2.05) is 37.3 Å². The lowest BCUT2D eigenvalue weighted by Gasteiger charge is -2.36. The molecule has 2 aromatic rings. The first-order valence-corrected chi connectivity index (χ1v) is 12.7. The van der Waals surface area contributed by atoms with E-state index < -0.39 is 32.3 Å². The molecule has 1 amide bonds. The van der Waals surface area contributed by atoms with Crippen molar-refractivity contribution in [1.82, 2.24) is 14.7 Å². The van der Waals surface area contributed by atoms with Crippen molar-refractivity contribution in [2.45, 2.75) is 64.6 Å². The van der Waals surface area contributed by atoms with E-state index >= 15 is 4.39 Å². The third kappa shape index (κ3) is 5.08. The molecule has 2 aromatic heterocycles. The summed E-state index contributed by atoms with van der Waals surface area (Å²) in [5.74, 6) is -1.60. The second-order valence-electron chi connectivity index (χ2n) is 9.54. The molecule has 1 aliphatic heterocycles. The van der Waals surface area contributed by atoms with Crippen LogP contribution < -0.4 is 20.1 Å². The number of ether oxygens (including phenoxy) is 1. The van der Waals surface area contributed by atoms with Gasteiger partial charge in [-0.3, -0.25) is 4.79 Å². The zero-order valence-corrected chi connectivity index (χ0v) is 21.1. The Morgan fingerprint density at radius 1 is 1.29 bits per heavy atom. The van der Waals surface area contributed by atoms with Crippen LogP contribution in [0.4, 0.5) is 16.0 Å². The van der Waals surface area contributed by atoms with Crippen molar-refractivity contribution < 1.29 is 22.3 Å². The van der Waals surface area contributed by atoms with Gasteiger partial charge in [0.05, 0.1) is 5.56 Å². The second kappa shape index (κ2) is 9.36. The molecule has 3 rings (SSSR count). The molecule has 2 atom stereocenters. The fraction of sp³-hybridized carbons (Fsp3) is 0.522. The molecule has 3 N–H and O–H groups in total. The Labute approximate surface area is 200 Å². The first-order chi connectivity index (χ1) is 15.7. The fourth-order valence-corrected chi connectivity index (χ4v) is 4.59. The van der Waals surface area contributed by atoms with Gasteiger partial charge in [-0.05, 0) is 57.2 Å². The van der Waals surface area contributed by atoms with Crippen molar-refractivity contribution in [1.29, 1.82) is 0 Å². The number of hydrogen-bond donors (Lipinski definition) is 2. The summed E-state index contributed by atoms with van der Waals surface area (Å²) in [5.41, 5.74) is 4.96. The summed E-state index contributed by atoms with van der Waals surface area (Å²) in [6, 6.07) is 5.01. The minimum atomic E-state index is -4.35. The van der Waals surface area contributed by atoms with Gasteiger partial charge in [-0.25, -0.2) is 14.1 Å². The van der Waals surface area contributed by atoms with E-state index in [9.17, 15) is 13.2 Å². The minimum Gasteiger partial charge on any atom is -0.472 e. The Kier molecular flexibility index (Phi) is 7.07. The van der Waals surface area contributed by atoms with Crippen LogP contribution in [0.5, 0.6) is 5.88 Å². The number of amides is 1. The molecular formula is C23H32FN5O4S. The SMILES string of the molecule is CC(C)[C@@H](C)Oc1nc(N2CCC(C)C2(C)C)c(C(=O)NS(=O)(=O)c2cccc(N)n2)cc1F. The molecule has 1 unspecified atom stereocenters. The Balaban J connectivity index is 2.06. The maximum atomic E-state index is 15.0. The summed E-state index contributed by atoms with van der Waals surface area (Å²) in [7, 11) is -4.35. The quantitative estimate of drug-likeness (QED) is 0.601. The number of carbonyl (C=O) groups is 1. The highest BCUT2D eigenvalue weighted by Crippen LogP contribution is 2.40. The van der Waals surface area contributed by atoms with Gasteiger partial charge >= 0.3 is 0 Å². The molecule has 34 heavy (non-hydrogen) atoms. The van der Waals surface area contributed by atoms with Crippen LogP contribution in [-0.4, -0.2) is 42.5 Å². The molecule has 186 valence electrons. The predicted molar refractivity (Wildman–Crippen MR) is 128 cm³/mol. The normalized spacial score (nSPS) is 18.7. The van der Waals surface area contributed by atoms with E-state index in [0.29, 0.717) is 6.54 Å². The van der Waals surface area contributed by atoms with Crippen LogP contribution in [0.2, 0.25) is 0 Å². The highest BCUT2D eigenvalue weighted by atomic mass is 32.2. The monoisotopic (exact) mass is 493 g/mol. The Bertz CT molecular complexity index is 1190. The van der Waals surface area contributed by atoms with Gasteiger partial charge in [0.15, 0.2) is 10.8 Å². The molecule has 11 heteroatoms. The number of sulfonamides is 1. The van der Waals surface area contributed by atoms with Crippen molar-refractivity contribution in [3.05, 3.63) is 35.6 Å². The third-order valence-electron chi connectivity index (χ3n) is 6.60. The number of aromatic nitrogens is 2. The molecule has 0 radical (unpaired) electrons. The molecule has 3 heterocycles. The van der Waals surface area contributed by atoms with E-state index in [-0.39, 0.29) is 41.0 Å². The van der Waals surface area contributed by atoms with Crippen molar-refractivity contribution in [3.8, 4) is 5.88 Å². The Hall–Kier alpha value is -2.95. The number of anilines is 2. The van der Waals surface area contributed by atoms with E-state index in [4.69, 9.17) is 10.5 Å². The fourth-order valence-electron chi connectivity index (χ4n) is 3.65. The molecule has 9 nitrogen and oxygen atoms in total. The lowest BCUT2D eigenvalue weighted by molar-refractivity contribution is 0.0980. The van der Waals surface area contributed by atoms with Gasteiger partial charge in [0.1, 0.15) is 17.7 Å². The van der Waals surface area contributed by atoms with Gasteiger partial charge in [-0.1, -0.05) is 26.8 Å². The highest BCUT2D eigenvalue weighted by molar-refractivity contribution is 7.90. The maximum Gasteiger partial charge on any atom is 0.281 e. The molecule has 1 aliphatic rings. The van der Waals surface area contributed by atoms with E-state index in [1.165, 1.54) is 18.2 Å². The second-order valence-corrected chi connectivity index (χ2v) is 11.2. The molecule has 0 aliphatic carbocycles. The van der Waals surface area contributed by atoms with Gasteiger partial charge in [0, 0.05) is 12.1 Å². The zero-order valence-electron chi connectivity index (χ0n) is 20.3. The summed E-state index contributed by atoms with van der Waals surface area (Å²) < 4.78 is 48.2. The highest BCUT2D eigenvalue weighted by Gasteiger charge is 2.41. The lowest BCUT2D eigenvalue weighted by atomic mass is 9.90. The Morgan fingerprint density at radius 2 is 1.97 bits per heavy atom. The third-order valence-corrected chi connectivity index (χ3v) is 7.83. The molecule has 1 saturated heterocycles. The van der Waals surface area contributed by atoms with Gasteiger partial charge < -0.3 is 15.4 Å². The number of carbonyl (C=O) groups excluding carboxylic acids is 1. The standard InChI is InChI=1S/C23H32FN5O4S/c1-13(2)15(4)33-22-17(24)12-16(20(27-22)29-11-10-14(3)23(29,5)6)21(30)28-34(31,32)19-9-7-8-18(25)26-19/h7-9,12-15H,10-11H2,1-6H3,(H2,25,26)(H,28,30)/t14?,15-/m1/s1. The van der Waals surface area contributed by atoms with Gasteiger partial charge in [-0.15, -0.1) is 0 Å². The van der Waals surface area contributed by atoms with Crippen LogP contribution in [0.25, 0.3) is 0 Å². The van der Waals surface area contributed by atoms with Crippen LogP contribution in [-0.2, 0) is 10.0 Å². The number of nitrogens with two attached hydrogens (primary N) is 1. The summed E-state index contributed by atoms with van der Waals surface area (Å²) in [4.78, 5) is 23.2. The van der Waals surface area contributed by atoms with Crippen molar-refractivity contribution >= 4 is 27.6 Å². The van der Waals surface area contributed by atoms with Crippen molar-refractivity contribution in [2.24, 2.45) is 11.8 Å². The topological polar surface area (TPSA) is 128 Å². The molecule has 0 saturated carbocycles. The van der Waals surface area contributed by atoms with Crippen molar-refractivity contribution in [3.63, 3.8) is 0 Å². The number of nitrogens with zero attached hydrogens (tertiary/aromatic N) is 3. The number of hydrogen-bond acceptors (Lipinski definition) is 8.